The summed E-state index contributed by atoms with van der Waals surface area (Å²) in [5.74, 6) is -0.502. The Morgan fingerprint density at radius 2 is 1.71 bits per heavy atom. The van der Waals surface area contributed by atoms with E-state index < -0.39 is 15.8 Å². The van der Waals surface area contributed by atoms with Gasteiger partial charge in [-0.1, -0.05) is 67.1 Å². The molecule has 0 bridgehead atoms. The van der Waals surface area contributed by atoms with Gasteiger partial charge in [0.1, 0.15) is 0 Å². The van der Waals surface area contributed by atoms with Crippen LogP contribution < -0.4 is 9.62 Å². The Labute approximate surface area is 183 Å². The van der Waals surface area contributed by atoms with Crippen LogP contribution in [0.3, 0.4) is 0 Å². The summed E-state index contributed by atoms with van der Waals surface area (Å²) in [4.78, 5) is 12.9. The van der Waals surface area contributed by atoms with E-state index in [2.05, 4.69) is 5.32 Å². The maximum absolute atomic E-state index is 13.5. The first-order chi connectivity index (χ1) is 14.9. The fourth-order valence-electron chi connectivity index (χ4n) is 3.78. The van der Waals surface area contributed by atoms with E-state index in [-0.39, 0.29) is 11.4 Å². The van der Waals surface area contributed by atoms with Gasteiger partial charge in [0, 0.05) is 17.5 Å². The normalized spacial score (nSPS) is 16.3. The second kappa shape index (κ2) is 8.40. The van der Waals surface area contributed by atoms with Crippen molar-refractivity contribution < 1.29 is 13.2 Å². The van der Waals surface area contributed by atoms with E-state index in [1.54, 1.807) is 24.3 Å². The molecule has 1 heterocycles. The summed E-state index contributed by atoms with van der Waals surface area (Å²) in [7, 11) is -4.05. The van der Waals surface area contributed by atoms with Crippen LogP contribution in [0.4, 0.5) is 11.4 Å². The van der Waals surface area contributed by atoms with Crippen molar-refractivity contribution in [3.05, 3.63) is 106 Å². The summed E-state index contributed by atoms with van der Waals surface area (Å²) < 4.78 is 28.4. The molecule has 158 valence electrons. The Balaban J connectivity index is 1.79. The van der Waals surface area contributed by atoms with E-state index in [4.69, 9.17) is 0 Å². The Bertz CT molecular complexity index is 1280. The molecule has 5 nitrogen and oxygen atoms in total. The fraction of sp³-hybridized carbons (Fsp3) is 0.160. The summed E-state index contributed by atoms with van der Waals surface area (Å²) in [5.41, 5.74) is 4.50. The highest BCUT2D eigenvalue weighted by Crippen LogP contribution is 2.36. The smallest absolute Gasteiger partial charge is 0.270 e. The molecule has 1 aliphatic rings. The highest BCUT2D eigenvalue weighted by atomic mass is 32.2. The van der Waals surface area contributed by atoms with E-state index >= 15 is 0 Å². The van der Waals surface area contributed by atoms with Gasteiger partial charge in [-0.15, -0.1) is 0 Å². The SMILES string of the molecule is CCc1ccccc1NC=C1C(=O)c2ccccc2N(Cc2cccc(C)c2)S1(=O)=O. The van der Waals surface area contributed by atoms with Gasteiger partial charge in [-0.3, -0.25) is 9.10 Å². The number of nitrogens with one attached hydrogen (secondary N) is 1. The lowest BCUT2D eigenvalue weighted by molar-refractivity contribution is 0.104. The Morgan fingerprint density at radius 1 is 0.968 bits per heavy atom. The lowest BCUT2D eigenvalue weighted by Gasteiger charge is -2.31. The van der Waals surface area contributed by atoms with Crippen LogP contribution in [0.5, 0.6) is 0 Å². The van der Waals surface area contributed by atoms with Gasteiger partial charge in [-0.05, 0) is 42.7 Å². The molecule has 31 heavy (non-hydrogen) atoms. The number of ketones is 1. The molecule has 0 aromatic heterocycles. The molecular weight excluding hydrogens is 408 g/mol. The van der Waals surface area contributed by atoms with Gasteiger partial charge in [-0.2, -0.15) is 0 Å². The minimum Gasteiger partial charge on any atom is -0.360 e. The standard InChI is InChI=1S/C25H24N2O3S/c1-3-20-11-4-6-13-22(20)26-16-24-25(28)21-12-5-7-14-23(21)27(31(24,29)30)17-19-10-8-9-18(2)15-19/h4-16,26H,3,17H2,1-2H3. The lowest BCUT2D eigenvalue weighted by atomic mass is 10.1. The average molecular weight is 433 g/mol. The first kappa shape index (κ1) is 20.9. The maximum atomic E-state index is 13.5. The van der Waals surface area contributed by atoms with Crippen molar-refractivity contribution in [2.75, 3.05) is 9.62 Å². The number of Topliss-reactive ketones (excluding diaryl/α,β-unsaturated/α-hetero) is 1. The summed E-state index contributed by atoms with van der Waals surface area (Å²) in [5, 5.41) is 3.06. The molecule has 0 radical (unpaired) electrons. The topological polar surface area (TPSA) is 66.5 Å². The summed E-state index contributed by atoms with van der Waals surface area (Å²) >= 11 is 0. The number of anilines is 2. The number of aryl methyl sites for hydroxylation is 2. The zero-order chi connectivity index (χ0) is 22.0. The molecule has 4 rings (SSSR count). The molecule has 0 unspecified atom stereocenters. The number of rotatable bonds is 5. The monoisotopic (exact) mass is 432 g/mol. The average Bonchev–Trinajstić information content (AvgIpc) is 2.77. The molecule has 0 spiro atoms. The highest BCUT2D eigenvalue weighted by molar-refractivity contribution is 7.97. The zero-order valence-electron chi connectivity index (χ0n) is 17.5. The third-order valence-electron chi connectivity index (χ3n) is 5.37. The van der Waals surface area contributed by atoms with Crippen molar-refractivity contribution in [3.8, 4) is 0 Å². The second-order valence-electron chi connectivity index (χ2n) is 7.51. The number of hydrogen-bond acceptors (Lipinski definition) is 4. The number of allylic oxidation sites excluding steroid dienone is 1. The highest BCUT2D eigenvalue weighted by Gasteiger charge is 2.40. The number of carbonyl (C=O) groups excluding carboxylic acids is 1. The van der Waals surface area contributed by atoms with E-state index in [0.29, 0.717) is 11.3 Å². The van der Waals surface area contributed by atoms with Crippen molar-refractivity contribution in [3.63, 3.8) is 0 Å². The Morgan fingerprint density at radius 3 is 2.48 bits per heavy atom. The molecule has 6 heteroatoms. The van der Waals surface area contributed by atoms with Crippen LogP contribution in [0.25, 0.3) is 0 Å². The summed E-state index contributed by atoms with van der Waals surface area (Å²) in [6.07, 6.45) is 2.11. The van der Waals surface area contributed by atoms with Crippen molar-refractivity contribution in [1.29, 1.82) is 0 Å². The number of carbonyl (C=O) groups is 1. The maximum Gasteiger partial charge on any atom is 0.270 e. The first-order valence-electron chi connectivity index (χ1n) is 10.2. The minimum absolute atomic E-state index is 0.150. The molecule has 3 aromatic carbocycles. The van der Waals surface area contributed by atoms with Gasteiger partial charge < -0.3 is 5.32 Å². The second-order valence-corrected chi connectivity index (χ2v) is 9.34. The molecule has 0 amide bonds. The van der Waals surface area contributed by atoms with Crippen LogP contribution in [-0.4, -0.2) is 14.2 Å². The van der Waals surface area contributed by atoms with Crippen LogP contribution in [0.1, 0.15) is 34.0 Å². The van der Waals surface area contributed by atoms with Gasteiger partial charge >= 0.3 is 0 Å². The van der Waals surface area contributed by atoms with Gasteiger partial charge in [-0.25, -0.2) is 8.42 Å². The minimum atomic E-state index is -4.05. The third kappa shape index (κ3) is 3.99. The number of nitrogens with zero attached hydrogens (tertiary/aromatic N) is 1. The van der Waals surface area contributed by atoms with Crippen LogP contribution in [-0.2, 0) is 23.0 Å². The lowest BCUT2D eigenvalue weighted by Crippen LogP contribution is -2.39. The first-order valence-corrected chi connectivity index (χ1v) is 11.6. The van der Waals surface area contributed by atoms with Gasteiger partial charge in [0.15, 0.2) is 4.91 Å². The molecule has 3 aromatic rings. The molecule has 0 fully saturated rings. The van der Waals surface area contributed by atoms with Crippen molar-refractivity contribution in [1.82, 2.24) is 0 Å². The number of fused-ring (bicyclic) bond motifs is 1. The van der Waals surface area contributed by atoms with E-state index in [1.807, 2.05) is 62.4 Å². The molecule has 0 atom stereocenters. The number of para-hydroxylation sites is 2. The van der Waals surface area contributed by atoms with Crippen LogP contribution >= 0.6 is 0 Å². The van der Waals surface area contributed by atoms with Crippen LogP contribution in [0, 0.1) is 6.92 Å². The predicted octanol–water partition coefficient (Wildman–Crippen LogP) is 5.04. The third-order valence-corrected chi connectivity index (χ3v) is 7.14. The van der Waals surface area contributed by atoms with Crippen molar-refractivity contribution in [2.45, 2.75) is 26.8 Å². The van der Waals surface area contributed by atoms with E-state index in [9.17, 15) is 13.2 Å². The Hall–Kier alpha value is -3.38. The number of benzene rings is 3. The number of sulfonamides is 1. The van der Waals surface area contributed by atoms with Crippen LogP contribution in [0.2, 0.25) is 0 Å². The summed E-state index contributed by atoms with van der Waals surface area (Å²) in [6.45, 7) is 4.14. The summed E-state index contributed by atoms with van der Waals surface area (Å²) in [6, 6.07) is 22.2. The molecular formula is C25H24N2O3S. The molecule has 0 aliphatic carbocycles. The van der Waals surface area contributed by atoms with Gasteiger partial charge in [0.25, 0.3) is 10.0 Å². The van der Waals surface area contributed by atoms with Crippen molar-refractivity contribution in [2.24, 2.45) is 0 Å². The van der Waals surface area contributed by atoms with Gasteiger partial charge in [0.05, 0.1) is 12.2 Å². The van der Waals surface area contributed by atoms with Crippen LogP contribution in [0.15, 0.2) is 83.9 Å². The van der Waals surface area contributed by atoms with Gasteiger partial charge in [0.2, 0.25) is 5.78 Å². The van der Waals surface area contributed by atoms with Crippen molar-refractivity contribution >= 4 is 27.2 Å². The fourth-order valence-corrected chi connectivity index (χ4v) is 5.31. The number of hydrogen-bond donors (Lipinski definition) is 1. The predicted molar refractivity (Wildman–Crippen MR) is 125 cm³/mol. The molecule has 0 saturated heterocycles. The molecule has 0 saturated carbocycles. The largest absolute Gasteiger partial charge is 0.360 e. The Kier molecular flexibility index (Phi) is 5.65. The molecule has 1 aliphatic heterocycles. The van der Waals surface area contributed by atoms with E-state index in [1.165, 1.54) is 10.5 Å². The van der Waals surface area contributed by atoms with E-state index in [0.717, 1.165) is 28.8 Å². The quantitative estimate of drug-likeness (QED) is 0.574. The molecule has 1 N–H and O–H groups in total. The zero-order valence-corrected chi connectivity index (χ0v) is 18.3.